The number of hydrogen-bond acceptors (Lipinski definition) is 5. The zero-order chi connectivity index (χ0) is 17.7. The van der Waals surface area contributed by atoms with Crippen LogP contribution in [0.25, 0.3) is 0 Å². The summed E-state index contributed by atoms with van der Waals surface area (Å²) < 4.78 is 5.24. The van der Waals surface area contributed by atoms with E-state index in [-0.39, 0.29) is 18.0 Å². The molecular formula is C16H27N5O2S. The standard InChI is InChI=1S/C16H27N5O2S/c1-5-21(9-13-19-14(23-20-13)6-10(2)3)15(22)8-12-7-11(4)17-16(24)18-12/h10-12H,5-9H2,1-4H3,(H2,17,18,24)/t11-,12+/m1/s1. The van der Waals surface area contributed by atoms with Gasteiger partial charge in [-0.3, -0.25) is 4.79 Å². The summed E-state index contributed by atoms with van der Waals surface area (Å²) in [5.74, 6) is 1.71. The van der Waals surface area contributed by atoms with Crippen LogP contribution in [0.4, 0.5) is 0 Å². The molecule has 0 saturated carbocycles. The molecule has 0 spiro atoms. The number of carbonyl (C=O) groups excluding carboxylic acids is 1. The van der Waals surface area contributed by atoms with Crippen LogP contribution in [-0.4, -0.2) is 44.7 Å². The number of thiocarbonyl (C=S) groups is 1. The second-order valence-electron chi connectivity index (χ2n) is 6.77. The van der Waals surface area contributed by atoms with Gasteiger partial charge in [0.2, 0.25) is 11.8 Å². The Balaban J connectivity index is 1.91. The molecule has 1 amide bonds. The van der Waals surface area contributed by atoms with Gasteiger partial charge in [-0.15, -0.1) is 0 Å². The van der Waals surface area contributed by atoms with Gasteiger partial charge in [0.15, 0.2) is 10.9 Å². The summed E-state index contributed by atoms with van der Waals surface area (Å²) in [5.41, 5.74) is 0. The van der Waals surface area contributed by atoms with Crippen LogP contribution >= 0.6 is 12.2 Å². The minimum Gasteiger partial charge on any atom is -0.360 e. The summed E-state index contributed by atoms with van der Waals surface area (Å²) >= 11 is 5.17. The molecule has 1 fully saturated rings. The van der Waals surface area contributed by atoms with E-state index in [1.807, 2.05) is 6.92 Å². The monoisotopic (exact) mass is 353 g/mol. The van der Waals surface area contributed by atoms with E-state index in [1.54, 1.807) is 4.90 Å². The third-order valence-electron chi connectivity index (χ3n) is 3.93. The zero-order valence-corrected chi connectivity index (χ0v) is 15.7. The number of rotatable bonds is 7. The third-order valence-corrected chi connectivity index (χ3v) is 4.17. The Kier molecular flexibility index (Phi) is 6.53. The Morgan fingerprint density at radius 1 is 1.46 bits per heavy atom. The molecule has 1 aromatic rings. The summed E-state index contributed by atoms with van der Waals surface area (Å²) in [6, 6.07) is 0.347. The summed E-state index contributed by atoms with van der Waals surface area (Å²) in [7, 11) is 0. The maximum atomic E-state index is 12.6. The predicted molar refractivity (Wildman–Crippen MR) is 95.3 cm³/mol. The fourth-order valence-electron chi connectivity index (χ4n) is 2.80. The van der Waals surface area contributed by atoms with E-state index in [4.69, 9.17) is 16.7 Å². The van der Waals surface area contributed by atoms with Gasteiger partial charge in [-0.2, -0.15) is 4.98 Å². The Labute approximate surface area is 148 Å². The first-order chi connectivity index (χ1) is 11.4. The lowest BCUT2D eigenvalue weighted by Crippen LogP contribution is -2.54. The molecule has 7 nitrogen and oxygen atoms in total. The van der Waals surface area contributed by atoms with Crippen molar-refractivity contribution < 1.29 is 9.32 Å². The fraction of sp³-hybridized carbons (Fsp3) is 0.750. The van der Waals surface area contributed by atoms with Crippen molar-refractivity contribution in [2.24, 2.45) is 5.92 Å². The van der Waals surface area contributed by atoms with E-state index in [0.29, 0.717) is 42.3 Å². The van der Waals surface area contributed by atoms with Gasteiger partial charge in [0.1, 0.15) is 0 Å². The zero-order valence-electron chi connectivity index (χ0n) is 14.8. The first-order valence-electron chi connectivity index (χ1n) is 8.53. The van der Waals surface area contributed by atoms with Crippen molar-refractivity contribution in [3.8, 4) is 0 Å². The highest BCUT2D eigenvalue weighted by molar-refractivity contribution is 7.80. The van der Waals surface area contributed by atoms with Crippen LogP contribution < -0.4 is 10.6 Å². The van der Waals surface area contributed by atoms with Crippen molar-refractivity contribution in [1.29, 1.82) is 0 Å². The van der Waals surface area contributed by atoms with Crippen LogP contribution in [0, 0.1) is 5.92 Å². The maximum absolute atomic E-state index is 12.6. The molecule has 0 bridgehead atoms. The van der Waals surface area contributed by atoms with E-state index < -0.39 is 0 Å². The highest BCUT2D eigenvalue weighted by Crippen LogP contribution is 2.12. The average Bonchev–Trinajstić information content (AvgIpc) is 2.89. The number of amides is 1. The van der Waals surface area contributed by atoms with Crippen molar-refractivity contribution in [3.63, 3.8) is 0 Å². The van der Waals surface area contributed by atoms with Crippen molar-refractivity contribution in [1.82, 2.24) is 25.7 Å². The van der Waals surface area contributed by atoms with Gasteiger partial charge in [0.25, 0.3) is 0 Å². The molecule has 1 saturated heterocycles. The van der Waals surface area contributed by atoms with Crippen molar-refractivity contribution >= 4 is 23.2 Å². The molecule has 0 aliphatic carbocycles. The highest BCUT2D eigenvalue weighted by Gasteiger charge is 2.25. The Morgan fingerprint density at radius 3 is 2.83 bits per heavy atom. The molecule has 2 heterocycles. The van der Waals surface area contributed by atoms with E-state index in [1.165, 1.54) is 0 Å². The number of nitrogens with zero attached hydrogens (tertiary/aromatic N) is 3. The van der Waals surface area contributed by atoms with Crippen LogP contribution in [0.2, 0.25) is 0 Å². The lowest BCUT2D eigenvalue weighted by Gasteiger charge is -2.32. The fourth-order valence-corrected chi connectivity index (χ4v) is 3.17. The van der Waals surface area contributed by atoms with E-state index in [2.05, 4.69) is 41.5 Å². The molecule has 2 atom stereocenters. The third kappa shape index (κ3) is 5.43. The quantitative estimate of drug-likeness (QED) is 0.721. The Morgan fingerprint density at radius 2 is 2.21 bits per heavy atom. The summed E-state index contributed by atoms with van der Waals surface area (Å²) in [5, 5.41) is 10.9. The SMILES string of the molecule is CCN(Cc1noc(CC(C)C)n1)C(=O)C[C@@H]1C[C@@H](C)NC(=S)N1. The molecule has 2 N–H and O–H groups in total. The highest BCUT2D eigenvalue weighted by atomic mass is 32.1. The van der Waals surface area contributed by atoms with Gasteiger partial charge in [-0.05, 0) is 38.4 Å². The van der Waals surface area contributed by atoms with Crippen LogP contribution in [0.15, 0.2) is 4.52 Å². The molecule has 8 heteroatoms. The van der Waals surface area contributed by atoms with Gasteiger partial charge in [-0.25, -0.2) is 0 Å². The molecule has 1 aliphatic heterocycles. The van der Waals surface area contributed by atoms with Crippen molar-refractivity contribution in [3.05, 3.63) is 11.7 Å². The van der Waals surface area contributed by atoms with Crippen LogP contribution in [0.3, 0.4) is 0 Å². The Bertz CT molecular complexity index is 575. The average molecular weight is 353 g/mol. The minimum absolute atomic E-state index is 0.0667. The lowest BCUT2D eigenvalue weighted by molar-refractivity contribution is -0.132. The molecule has 0 radical (unpaired) electrons. The minimum atomic E-state index is 0.0667. The number of hydrogen-bond donors (Lipinski definition) is 2. The van der Waals surface area contributed by atoms with Gasteiger partial charge in [-0.1, -0.05) is 19.0 Å². The topological polar surface area (TPSA) is 83.3 Å². The Hall–Kier alpha value is -1.70. The van der Waals surface area contributed by atoms with Crippen LogP contribution in [0.5, 0.6) is 0 Å². The van der Waals surface area contributed by atoms with Crippen LogP contribution in [0.1, 0.15) is 52.3 Å². The normalized spacial score (nSPS) is 20.6. The number of carbonyl (C=O) groups is 1. The second-order valence-corrected chi connectivity index (χ2v) is 7.17. The van der Waals surface area contributed by atoms with Crippen molar-refractivity contribution in [2.75, 3.05) is 6.54 Å². The number of aromatic nitrogens is 2. The largest absolute Gasteiger partial charge is 0.360 e. The summed E-state index contributed by atoms with van der Waals surface area (Å²) in [4.78, 5) is 18.7. The molecule has 1 aliphatic rings. The summed E-state index contributed by atoms with van der Waals surface area (Å²) in [6.07, 6.45) is 2.03. The van der Waals surface area contributed by atoms with Crippen LogP contribution in [-0.2, 0) is 17.8 Å². The first-order valence-corrected chi connectivity index (χ1v) is 8.94. The lowest BCUT2D eigenvalue weighted by atomic mass is 10.0. The van der Waals surface area contributed by atoms with Gasteiger partial charge in [0, 0.05) is 31.5 Å². The van der Waals surface area contributed by atoms with Gasteiger partial charge >= 0.3 is 0 Å². The molecule has 1 aromatic heterocycles. The van der Waals surface area contributed by atoms with Gasteiger partial charge in [0.05, 0.1) is 6.54 Å². The van der Waals surface area contributed by atoms with E-state index in [9.17, 15) is 4.79 Å². The second kappa shape index (κ2) is 8.41. The number of nitrogens with one attached hydrogen (secondary N) is 2. The first kappa shape index (κ1) is 18.6. The van der Waals surface area contributed by atoms with E-state index in [0.717, 1.165) is 12.8 Å². The predicted octanol–water partition coefficient (Wildman–Crippen LogP) is 1.63. The molecule has 24 heavy (non-hydrogen) atoms. The van der Waals surface area contributed by atoms with Crippen molar-refractivity contribution in [2.45, 2.75) is 65.6 Å². The molecular weight excluding hydrogens is 326 g/mol. The maximum Gasteiger partial charge on any atom is 0.226 e. The molecule has 0 unspecified atom stereocenters. The molecule has 0 aromatic carbocycles. The summed E-state index contributed by atoms with van der Waals surface area (Å²) in [6.45, 7) is 9.21. The van der Waals surface area contributed by atoms with E-state index >= 15 is 0 Å². The van der Waals surface area contributed by atoms with Gasteiger partial charge < -0.3 is 20.1 Å². The smallest absolute Gasteiger partial charge is 0.226 e. The molecule has 2 rings (SSSR count). The molecule has 134 valence electrons.